The van der Waals surface area contributed by atoms with Gasteiger partial charge in [0.25, 0.3) is 0 Å². The van der Waals surface area contributed by atoms with Crippen molar-refractivity contribution >= 4 is 53.0 Å². The Morgan fingerprint density at radius 1 is 1.08 bits per heavy atom. The molecule has 3 aromatic carbocycles. The summed E-state index contributed by atoms with van der Waals surface area (Å²) in [4.78, 5) is 27.5. The number of H-pyrrole nitrogens is 1. The van der Waals surface area contributed by atoms with E-state index < -0.39 is 11.9 Å². The van der Waals surface area contributed by atoms with Crippen molar-refractivity contribution in [1.29, 1.82) is 0 Å². The number of thioether (sulfide) groups is 1. The monoisotopic (exact) mass is 571 g/mol. The van der Waals surface area contributed by atoms with Crippen LogP contribution in [-0.2, 0) is 11.4 Å². The minimum absolute atomic E-state index is 0.0450. The van der Waals surface area contributed by atoms with E-state index in [1.54, 1.807) is 42.5 Å². The minimum Gasteiger partial charge on any atom is -0.493 e. The summed E-state index contributed by atoms with van der Waals surface area (Å²) in [5, 5.41) is 26.8. The van der Waals surface area contributed by atoms with Crippen molar-refractivity contribution in [3.05, 3.63) is 92.3 Å². The van der Waals surface area contributed by atoms with Crippen LogP contribution < -0.4 is 9.47 Å². The number of aromatic carboxylic acids is 1. The number of aromatic amines is 1. The fourth-order valence-corrected chi connectivity index (χ4v) is 4.43. The van der Waals surface area contributed by atoms with Crippen molar-refractivity contribution in [2.24, 2.45) is 0 Å². The van der Waals surface area contributed by atoms with Gasteiger partial charge in [-0.3, -0.25) is 5.10 Å². The number of ether oxygens (including phenoxy) is 2. The minimum atomic E-state index is -1.18. The maximum atomic E-state index is 12.0. The summed E-state index contributed by atoms with van der Waals surface area (Å²) < 4.78 is 11.2. The van der Waals surface area contributed by atoms with Gasteiger partial charge >= 0.3 is 11.9 Å². The van der Waals surface area contributed by atoms with Crippen LogP contribution in [0.3, 0.4) is 0 Å². The summed E-state index contributed by atoms with van der Waals surface area (Å²) >= 11 is 13.2. The number of methoxy groups -OCH3 is 1. The average molecular weight is 572 g/mol. The number of aliphatic carboxylic acids is 1. The summed E-state index contributed by atoms with van der Waals surface area (Å²) in [5.41, 5.74) is 1.96. The van der Waals surface area contributed by atoms with Crippen LogP contribution in [0.2, 0.25) is 10.0 Å². The van der Waals surface area contributed by atoms with Crippen molar-refractivity contribution in [2.45, 2.75) is 11.8 Å². The molecule has 0 spiro atoms. The zero-order chi connectivity index (χ0) is 27.2. The van der Waals surface area contributed by atoms with E-state index in [1.165, 1.54) is 31.4 Å². The number of carbonyl (C=O) groups is 2. The van der Waals surface area contributed by atoms with Crippen molar-refractivity contribution < 1.29 is 29.3 Å². The molecule has 0 atom stereocenters. The number of hydrogen-bond acceptors (Lipinski definition) is 7. The number of nitrogens with zero attached hydrogens (tertiary/aromatic N) is 2. The van der Waals surface area contributed by atoms with Gasteiger partial charge in [-0.15, -0.1) is 5.10 Å². The molecule has 12 heteroatoms. The van der Waals surface area contributed by atoms with Crippen LogP contribution in [0.25, 0.3) is 17.5 Å². The Morgan fingerprint density at radius 3 is 2.53 bits per heavy atom. The van der Waals surface area contributed by atoms with Gasteiger partial charge in [-0.25, -0.2) is 14.6 Å². The average Bonchev–Trinajstić information content (AvgIpc) is 3.36. The first-order valence-corrected chi connectivity index (χ1v) is 12.4. The Hall–Kier alpha value is -3.99. The van der Waals surface area contributed by atoms with E-state index in [9.17, 15) is 19.8 Å². The molecule has 1 aromatic heterocycles. The number of halogens is 2. The molecule has 0 saturated carbocycles. The van der Waals surface area contributed by atoms with Crippen LogP contribution in [0.15, 0.2) is 70.7 Å². The maximum Gasteiger partial charge on any atom is 0.342 e. The van der Waals surface area contributed by atoms with Gasteiger partial charge in [-0.1, -0.05) is 35.3 Å². The van der Waals surface area contributed by atoms with Crippen molar-refractivity contribution in [1.82, 2.24) is 15.2 Å². The topological polar surface area (TPSA) is 135 Å². The Bertz CT molecular complexity index is 1520. The van der Waals surface area contributed by atoms with E-state index in [2.05, 4.69) is 15.2 Å². The molecule has 1 heterocycles. The molecule has 0 bridgehead atoms. The van der Waals surface area contributed by atoms with Gasteiger partial charge in [-0.2, -0.15) is 0 Å². The van der Waals surface area contributed by atoms with Gasteiger partial charge in [-0.05, 0) is 77.5 Å². The van der Waals surface area contributed by atoms with Crippen LogP contribution in [0.4, 0.5) is 0 Å². The number of rotatable bonds is 10. The molecule has 0 fully saturated rings. The van der Waals surface area contributed by atoms with Crippen molar-refractivity contribution in [3.8, 4) is 22.9 Å². The van der Waals surface area contributed by atoms with E-state index in [0.717, 1.165) is 17.3 Å². The van der Waals surface area contributed by atoms with E-state index in [-0.39, 0.29) is 38.8 Å². The molecule has 4 rings (SSSR count). The van der Waals surface area contributed by atoms with Crippen LogP contribution in [0, 0.1) is 0 Å². The third kappa shape index (κ3) is 6.65. The first-order valence-electron chi connectivity index (χ1n) is 10.9. The predicted molar refractivity (Wildman–Crippen MR) is 144 cm³/mol. The maximum absolute atomic E-state index is 12.0. The van der Waals surface area contributed by atoms with Crippen LogP contribution >= 0.6 is 35.0 Å². The smallest absolute Gasteiger partial charge is 0.342 e. The fourth-order valence-electron chi connectivity index (χ4n) is 3.33. The van der Waals surface area contributed by atoms with Crippen LogP contribution in [-0.4, -0.2) is 44.4 Å². The molecule has 0 aliphatic carbocycles. The quantitative estimate of drug-likeness (QED) is 0.148. The second kappa shape index (κ2) is 12.0. The van der Waals surface area contributed by atoms with Gasteiger partial charge < -0.3 is 19.7 Å². The molecule has 4 aromatic rings. The zero-order valence-corrected chi connectivity index (χ0v) is 22.0. The van der Waals surface area contributed by atoms with Crippen LogP contribution in [0.1, 0.15) is 21.5 Å². The normalized spacial score (nSPS) is 11.3. The first kappa shape index (κ1) is 27.1. The van der Waals surface area contributed by atoms with E-state index >= 15 is 0 Å². The second-order valence-electron chi connectivity index (χ2n) is 7.72. The first-order chi connectivity index (χ1) is 18.2. The van der Waals surface area contributed by atoms with E-state index in [1.807, 2.05) is 0 Å². The number of benzene rings is 3. The summed E-state index contributed by atoms with van der Waals surface area (Å²) in [6.45, 7) is 0.0450. The van der Waals surface area contributed by atoms with Crippen LogP contribution in [0.5, 0.6) is 11.5 Å². The number of carboxylic acids is 2. The summed E-state index contributed by atoms with van der Waals surface area (Å²) in [7, 11) is 1.43. The van der Waals surface area contributed by atoms with Gasteiger partial charge in [0.15, 0.2) is 17.3 Å². The molecular weight excluding hydrogens is 553 g/mol. The highest BCUT2D eigenvalue weighted by Gasteiger charge is 2.17. The fraction of sp³-hybridized carbons (Fsp3) is 0.0769. The number of aromatic nitrogens is 3. The predicted octanol–water partition coefficient (Wildman–Crippen LogP) is 6.28. The Balaban J connectivity index is 1.54. The molecule has 3 N–H and O–H groups in total. The molecular formula is C26H19Cl2N3O6S. The third-order valence-corrected chi connectivity index (χ3v) is 6.51. The highest BCUT2D eigenvalue weighted by atomic mass is 35.5. The Morgan fingerprint density at radius 2 is 1.84 bits per heavy atom. The zero-order valence-electron chi connectivity index (χ0n) is 19.6. The molecule has 0 unspecified atom stereocenters. The summed E-state index contributed by atoms with van der Waals surface area (Å²) in [6, 6.07) is 16.4. The molecule has 38 heavy (non-hydrogen) atoms. The highest BCUT2D eigenvalue weighted by Crippen LogP contribution is 2.38. The molecule has 9 nitrogen and oxygen atoms in total. The lowest BCUT2D eigenvalue weighted by atomic mass is 10.1. The van der Waals surface area contributed by atoms with E-state index in [4.69, 9.17) is 32.7 Å². The lowest BCUT2D eigenvalue weighted by Gasteiger charge is -2.14. The molecule has 194 valence electrons. The molecule has 0 aliphatic rings. The van der Waals surface area contributed by atoms with Gasteiger partial charge in [0.05, 0.1) is 17.7 Å². The van der Waals surface area contributed by atoms with Gasteiger partial charge in [0.1, 0.15) is 11.5 Å². The number of carboxylic acid groups (broad SMARTS) is 2. The Kier molecular flexibility index (Phi) is 8.57. The summed E-state index contributed by atoms with van der Waals surface area (Å²) in [6.07, 6.45) is 1.42. The Labute approximate surface area is 231 Å². The number of hydrogen-bond donors (Lipinski definition) is 3. The summed E-state index contributed by atoms with van der Waals surface area (Å²) in [5.74, 6) is -1.25. The van der Waals surface area contributed by atoms with Gasteiger partial charge in [0.2, 0.25) is 5.16 Å². The molecule has 0 radical (unpaired) electrons. The lowest BCUT2D eigenvalue weighted by Crippen LogP contribution is -2.02. The largest absolute Gasteiger partial charge is 0.493 e. The van der Waals surface area contributed by atoms with Gasteiger partial charge in [0, 0.05) is 10.6 Å². The highest BCUT2D eigenvalue weighted by molar-refractivity contribution is 8.04. The van der Waals surface area contributed by atoms with E-state index in [0.29, 0.717) is 22.0 Å². The number of nitrogens with one attached hydrogen (secondary N) is 1. The SMILES string of the molecule is COc1cc(/C=C(\Sc2n[nH]c(-c3ccc(Cl)cc3)n2)C(=O)O)cc(Cl)c1OCc1cccc(C(=O)O)c1. The van der Waals surface area contributed by atoms with Crippen molar-refractivity contribution in [2.75, 3.05) is 7.11 Å². The van der Waals surface area contributed by atoms with Crippen molar-refractivity contribution in [3.63, 3.8) is 0 Å². The second-order valence-corrected chi connectivity index (χ2v) is 9.57. The standard InChI is InChI=1S/C26H19Cl2N3O6S/c1-36-20-11-15(10-19(28)22(20)37-13-14-3-2-4-17(9-14)24(32)33)12-21(25(34)35)38-26-29-23(30-31-26)16-5-7-18(27)8-6-16/h2-12H,13H2,1H3,(H,32,33)(H,34,35)(H,29,30,31)/b21-12-. The molecule has 0 aliphatic heterocycles. The third-order valence-electron chi connectivity index (χ3n) is 5.10. The lowest BCUT2D eigenvalue weighted by molar-refractivity contribution is -0.131. The molecule has 0 amide bonds. The molecule has 0 saturated heterocycles.